The maximum atomic E-state index is 12.5. The van der Waals surface area contributed by atoms with Crippen LogP contribution in [0.4, 0.5) is 4.79 Å². The Labute approximate surface area is 143 Å². The third-order valence-electron chi connectivity index (χ3n) is 5.17. The number of nitrogens with zero attached hydrogens (tertiary/aromatic N) is 2. The van der Waals surface area contributed by atoms with E-state index in [1.165, 1.54) is 12.8 Å². The number of nitriles is 1. The lowest BCUT2D eigenvalue weighted by Crippen LogP contribution is -2.46. The molecular weight excluding hydrogens is 302 g/mol. The van der Waals surface area contributed by atoms with Crippen LogP contribution in [0.5, 0.6) is 0 Å². The summed E-state index contributed by atoms with van der Waals surface area (Å²) >= 11 is 0. The molecule has 2 aliphatic heterocycles. The maximum Gasteiger partial charge on any atom is 0.317 e. The molecule has 2 atom stereocenters. The molecular formula is C19H25N3O2. The van der Waals surface area contributed by atoms with Crippen LogP contribution in [0.25, 0.3) is 0 Å². The number of piperidine rings is 1. The van der Waals surface area contributed by atoms with Crippen LogP contribution in [0.2, 0.25) is 0 Å². The second-order valence-corrected chi connectivity index (χ2v) is 6.78. The molecule has 0 unspecified atom stereocenters. The van der Waals surface area contributed by atoms with E-state index in [2.05, 4.69) is 11.4 Å². The second-order valence-electron chi connectivity index (χ2n) is 6.78. The van der Waals surface area contributed by atoms with Gasteiger partial charge < -0.3 is 15.0 Å². The van der Waals surface area contributed by atoms with Gasteiger partial charge in [-0.25, -0.2) is 4.79 Å². The van der Waals surface area contributed by atoms with E-state index in [4.69, 9.17) is 10.00 Å². The molecule has 2 heterocycles. The van der Waals surface area contributed by atoms with E-state index in [1.54, 1.807) is 6.07 Å². The van der Waals surface area contributed by atoms with Crippen LogP contribution in [-0.2, 0) is 4.74 Å². The summed E-state index contributed by atoms with van der Waals surface area (Å²) in [6.07, 6.45) is 4.79. The predicted octanol–water partition coefficient (Wildman–Crippen LogP) is 3.22. The van der Waals surface area contributed by atoms with Crippen LogP contribution in [0.3, 0.4) is 0 Å². The average Bonchev–Trinajstić information content (AvgIpc) is 3.16. The third-order valence-corrected chi connectivity index (χ3v) is 5.17. The number of urea groups is 1. The Hall–Kier alpha value is -2.06. The van der Waals surface area contributed by atoms with E-state index >= 15 is 0 Å². The average molecular weight is 327 g/mol. The highest BCUT2D eigenvalue weighted by Crippen LogP contribution is 2.29. The summed E-state index contributed by atoms with van der Waals surface area (Å²) < 4.78 is 5.79. The molecule has 24 heavy (non-hydrogen) atoms. The lowest BCUT2D eigenvalue weighted by atomic mass is 9.90. The minimum absolute atomic E-state index is 0.0179. The van der Waals surface area contributed by atoms with Gasteiger partial charge in [-0.3, -0.25) is 0 Å². The first kappa shape index (κ1) is 16.8. The molecule has 5 heteroatoms. The van der Waals surface area contributed by atoms with Gasteiger partial charge in [-0.1, -0.05) is 12.1 Å². The number of carbonyl (C=O) groups excluding carboxylic acids is 1. The number of nitrogens with one attached hydrogen (secondary N) is 1. The molecule has 2 saturated heterocycles. The number of carbonyl (C=O) groups is 1. The fraction of sp³-hybridized carbons (Fsp3) is 0.579. The van der Waals surface area contributed by atoms with Gasteiger partial charge in [0.05, 0.1) is 23.8 Å². The summed E-state index contributed by atoms with van der Waals surface area (Å²) in [5, 5.41) is 12.0. The Morgan fingerprint density at radius 1 is 1.38 bits per heavy atom. The van der Waals surface area contributed by atoms with Gasteiger partial charge in [0.25, 0.3) is 0 Å². The zero-order chi connectivity index (χ0) is 16.9. The predicted molar refractivity (Wildman–Crippen MR) is 91.4 cm³/mol. The zero-order valence-corrected chi connectivity index (χ0v) is 14.2. The summed E-state index contributed by atoms with van der Waals surface area (Å²) in [6.45, 7) is 4.43. The highest BCUT2D eigenvalue weighted by atomic mass is 16.5. The number of amides is 2. The van der Waals surface area contributed by atoms with Gasteiger partial charge >= 0.3 is 6.03 Å². The quantitative estimate of drug-likeness (QED) is 0.927. The minimum atomic E-state index is -0.110. The Bertz CT molecular complexity index is 611. The van der Waals surface area contributed by atoms with Crippen molar-refractivity contribution in [3.63, 3.8) is 0 Å². The van der Waals surface area contributed by atoms with Gasteiger partial charge in [0.15, 0.2) is 0 Å². The molecule has 1 N–H and O–H groups in total. The smallest absolute Gasteiger partial charge is 0.317 e. The molecule has 2 amide bonds. The summed E-state index contributed by atoms with van der Waals surface area (Å²) in [6, 6.07) is 9.40. The fourth-order valence-corrected chi connectivity index (χ4v) is 3.69. The highest BCUT2D eigenvalue weighted by molar-refractivity contribution is 5.74. The first-order chi connectivity index (χ1) is 11.7. The van der Waals surface area contributed by atoms with Crippen molar-refractivity contribution < 1.29 is 9.53 Å². The van der Waals surface area contributed by atoms with Gasteiger partial charge in [-0.05, 0) is 56.2 Å². The number of likely N-dealkylation sites (tertiary alicyclic amines) is 1. The molecule has 5 nitrogen and oxygen atoms in total. The molecule has 0 radical (unpaired) electrons. The van der Waals surface area contributed by atoms with Gasteiger partial charge in [0, 0.05) is 19.7 Å². The zero-order valence-electron chi connectivity index (χ0n) is 14.2. The monoisotopic (exact) mass is 327 g/mol. The summed E-state index contributed by atoms with van der Waals surface area (Å²) in [4.78, 5) is 14.4. The standard InChI is InChI=1S/C19H25N3O2/c1-14(17-5-2-4-15(12-17)13-20)21-19(23)22-9-7-16(8-10-22)18-6-3-11-24-18/h2,4-5,12,14,16,18H,3,6-11H2,1H3,(H,21,23)/t14-,18-/m1/s1. The molecule has 3 rings (SSSR count). The molecule has 2 aliphatic rings. The Morgan fingerprint density at radius 2 is 2.17 bits per heavy atom. The molecule has 0 saturated carbocycles. The fourth-order valence-electron chi connectivity index (χ4n) is 3.69. The first-order valence-corrected chi connectivity index (χ1v) is 8.84. The normalized spacial score (nSPS) is 22.8. The molecule has 2 fully saturated rings. The lowest BCUT2D eigenvalue weighted by Gasteiger charge is -2.35. The minimum Gasteiger partial charge on any atom is -0.378 e. The second kappa shape index (κ2) is 7.67. The Kier molecular flexibility index (Phi) is 5.37. The number of ether oxygens (including phenoxy) is 1. The Morgan fingerprint density at radius 3 is 2.83 bits per heavy atom. The molecule has 1 aromatic rings. The van der Waals surface area contributed by atoms with Crippen LogP contribution in [0, 0.1) is 17.2 Å². The van der Waals surface area contributed by atoms with Gasteiger partial charge in [-0.15, -0.1) is 0 Å². The van der Waals surface area contributed by atoms with Crippen molar-refractivity contribution in [1.29, 1.82) is 5.26 Å². The van der Waals surface area contributed by atoms with E-state index < -0.39 is 0 Å². The van der Waals surface area contributed by atoms with Crippen molar-refractivity contribution in [2.24, 2.45) is 5.92 Å². The van der Waals surface area contributed by atoms with Crippen molar-refractivity contribution in [3.8, 4) is 6.07 Å². The van der Waals surface area contributed by atoms with Crippen LogP contribution < -0.4 is 5.32 Å². The molecule has 128 valence electrons. The molecule has 0 spiro atoms. The molecule has 0 aromatic heterocycles. The van der Waals surface area contributed by atoms with E-state index in [0.717, 1.165) is 38.1 Å². The summed E-state index contributed by atoms with van der Waals surface area (Å²) in [7, 11) is 0. The van der Waals surface area contributed by atoms with E-state index in [-0.39, 0.29) is 12.1 Å². The van der Waals surface area contributed by atoms with Crippen molar-refractivity contribution in [3.05, 3.63) is 35.4 Å². The van der Waals surface area contributed by atoms with Crippen LogP contribution in [-0.4, -0.2) is 36.7 Å². The summed E-state index contributed by atoms with van der Waals surface area (Å²) in [5.41, 5.74) is 1.57. The number of rotatable bonds is 3. The van der Waals surface area contributed by atoms with Crippen molar-refractivity contribution in [1.82, 2.24) is 10.2 Å². The summed E-state index contributed by atoms with van der Waals surface area (Å²) in [5.74, 6) is 0.598. The van der Waals surface area contributed by atoms with Crippen LogP contribution in [0.1, 0.15) is 49.8 Å². The number of benzene rings is 1. The SMILES string of the molecule is C[C@@H](NC(=O)N1CCC([C@H]2CCCO2)CC1)c1cccc(C#N)c1. The van der Waals surface area contributed by atoms with Crippen LogP contribution >= 0.6 is 0 Å². The highest BCUT2D eigenvalue weighted by Gasteiger charge is 2.31. The topological polar surface area (TPSA) is 65.4 Å². The van der Waals surface area contributed by atoms with E-state index in [0.29, 0.717) is 17.6 Å². The number of hydrogen-bond acceptors (Lipinski definition) is 3. The van der Waals surface area contributed by atoms with Crippen molar-refractivity contribution >= 4 is 6.03 Å². The molecule has 1 aromatic carbocycles. The lowest BCUT2D eigenvalue weighted by molar-refractivity contribution is 0.0371. The molecule has 0 aliphatic carbocycles. The first-order valence-electron chi connectivity index (χ1n) is 8.84. The molecule has 0 bridgehead atoms. The van der Waals surface area contributed by atoms with Gasteiger partial charge in [0.2, 0.25) is 0 Å². The van der Waals surface area contributed by atoms with Gasteiger partial charge in [0.1, 0.15) is 0 Å². The van der Waals surface area contributed by atoms with E-state index in [1.807, 2.05) is 30.0 Å². The van der Waals surface area contributed by atoms with E-state index in [9.17, 15) is 4.79 Å². The van der Waals surface area contributed by atoms with Crippen LogP contribution in [0.15, 0.2) is 24.3 Å². The van der Waals surface area contributed by atoms with Crippen molar-refractivity contribution in [2.75, 3.05) is 19.7 Å². The third kappa shape index (κ3) is 3.88. The largest absolute Gasteiger partial charge is 0.378 e. The maximum absolute atomic E-state index is 12.5. The van der Waals surface area contributed by atoms with Gasteiger partial charge in [-0.2, -0.15) is 5.26 Å². The van der Waals surface area contributed by atoms with Crippen molar-refractivity contribution in [2.45, 2.75) is 44.8 Å². The Balaban J connectivity index is 1.51. The number of hydrogen-bond donors (Lipinski definition) is 1.